The lowest BCUT2D eigenvalue weighted by atomic mass is 10.0. The van der Waals surface area contributed by atoms with E-state index in [1.165, 1.54) is 0 Å². The summed E-state index contributed by atoms with van der Waals surface area (Å²) in [6.45, 7) is 18.7. The van der Waals surface area contributed by atoms with Crippen LogP contribution in [0.3, 0.4) is 0 Å². The molecular weight excluding hydrogens is 570 g/mol. The smallest absolute Gasteiger partial charge is 0.255 e. The Morgan fingerprint density at radius 2 is 1.88 bits per heavy atom. The van der Waals surface area contributed by atoms with Crippen molar-refractivity contribution in [3.8, 4) is 11.3 Å². The average Bonchev–Trinajstić information content (AvgIpc) is 3.24. The second kappa shape index (κ2) is 12.2. The zero-order valence-corrected chi connectivity index (χ0v) is 28.3. The number of hydrogen-bond donors (Lipinski definition) is 1. The highest BCUT2D eigenvalue weighted by molar-refractivity contribution is 6.74. The molecule has 1 atom stereocenters. The number of fused-ring (bicyclic) bond motifs is 1. The van der Waals surface area contributed by atoms with Crippen molar-refractivity contribution in [3.63, 3.8) is 0 Å². The monoisotopic (exact) mass is 615 g/mol. The molecule has 0 aliphatic carbocycles. The average molecular weight is 616 g/mol. The summed E-state index contributed by atoms with van der Waals surface area (Å²) in [6, 6.07) is 5.16. The molecular formula is C31H46ClN5O4Si. The minimum atomic E-state index is -2.18. The minimum Gasteiger partial charge on any atom is -0.414 e. The summed E-state index contributed by atoms with van der Waals surface area (Å²) >= 11 is 6.55. The summed E-state index contributed by atoms with van der Waals surface area (Å²) in [5, 5.41) is 3.76. The summed E-state index contributed by atoms with van der Waals surface area (Å²) in [5.41, 5.74) is 2.27. The van der Waals surface area contributed by atoms with Gasteiger partial charge in [-0.25, -0.2) is 9.97 Å². The highest BCUT2D eigenvalue weighted by Gasteiger charge is 2.43. The molecule has 0 radical (unpaired) electrons. The molecule has 4 rings (SSSR count). The molecule has 11 heteroatoms. The molecule has 1 aromatic heterocycles. The Labute approximate surface area is 256 Å². The normalized spacial score (nSPS) is 17.3. The maximum absolute atomic E-state index is 14.0. The van der Waals surface area contributed by atoms with Gasteiger partial charge in [0.05, 0.1) is 23.5 Å². The number of ether oxygens (including phenoxy) is 1. The van der Waals surface area contributed by atoms with Crippen LogP contribution in [0, 0.1) is 0 Å². The van der Waals surface area contributed by atoms with Gasteiger partial charge in [0, 0.05) is 49.5 Å². The summed E-state index contributed by atoms with van der Waals surface area (Å²) in [6.07, 6.45) is 3.35. The third-order valence-corrected chi connectivity index (χ3v) is 13.7. The van der Waals surface area contributed by atoms with Crippen molar-refractivity contribution in [2.45, 2.75) is 96.7 Å². The number of carbonyl (C=O) groups is 2. The number of carbonyl (C=O) groups excluding carboxylic acids is 2. The van der Waals surface area contributed by atoms with Gasteiger partial charge in [0.15, 0.2) is 8.32 Å². The molecule has 0 spiro atoms. The van der Waals surface area contributed by atoms with Gasteiger partial charge in [-0.1, -0.05) is 44.5 Å². The molecule has 1 aromatic carbocycles. The lowest BCUT2D eigenvalue weighted by Crippen LogP contribution is -2.56. The molecule has 1 N–H and O–H groups in total. The minimum absolute atomic E-state index is 0.0291. The molecule has 230 valence electrons. The standard InChI is InChI=1S/C31H46ClN5O4Si/c1-30(2,3)36(7)28(39)25(19-41-42(8,9)31(4,5)6)37-18-21-11-10-20(16-23(21)27(37)38)26-24(32)17-33-29(35-26)34-22-12-14-40-15-13-22/h10-11,16-17,22,25H,12-15,18-19H2,1-9H3,(H,33,34,35). The fourth-order valence-corrected chi connectivity index (χ4v) is 5.95. The van der Waals surface area contributed by atoms with Crippen molar-refractivity contribution in [1.29, 1.82) is 0 Å². The van der Waals surface area contributed by atoms with Gasteiger partial charge in [0.25, 0.3) is 5.91 Å². The predicted molar refractivity (Wildman–Crippen MR) is 169 cm³/mol. The lowest BCUT2D eigenvalue weighted by molar-refractivity contribution is -0.140. The molecule has 1 saturated heterocycles. The van der Waals surface area contributed by atoms with Crippen LogP contribution in [0.15, 0.2) is 24.4 Å². The van der Waals surface area contributed by atoms with Crippen LogP contribution >= 0.6 is 11.6 Å². The van der Waals surface area contributed by atoms with Crippen molar-refractivity contribution in [2.24, 2.45) is 0 Å². The SMILES string of the molecule is CN(C(=O)C(CO[Si](C)(C)C(C)(C)C)N1Cc2ccc(-c3nc(NC4CCOCC4)ncc3Cl)cc2C1=O)C(C)(C)C. The number of anilines is 1. The van der Waals surface area contributed by atoms with Crippen LogP contribution in [-0.2, 0) is 20.5 Å². The van der Waals surface area contributed by atoms with E-state index in [9.17, 15) is 9.59 Å². The molecule has 1 unspecified atom stereocenters. The summed E-state index contributed by atoms with van der Waals surface area (Å²) in [5.74, 6) is 0.163. The van der Waals surface area contributed by atoms with Gasteiger partial charge in [-0.05, 0) is 63.4 Å². The van der Waals surface area contributed by atoms with Crippen LogP contribution in [0.4, 0.5) is 5.95 Å². The van der Waals surface area contributed by atoms with E-state index in [0.717, 1.165) is 24.0 Å². The van der Waals surface area contributed by atoms with E-state index in [1.807, 2.05) is 39.0 Å². The first kappa shape index (κ1) is 32.4. The fourth-order valence-electron chi connectivity index (χ4n) is 4.74. The Kier molecular flexibility index (Phi) is 9.42. The van der Waals surface area contributed by atoms with Crippen LogP contribution in [0.1, 0.15) is 70.3 Å². The highest BCUT2D eigenvalue weighted by Crippen LogP contribution is 2.38. The summed E-state index contributed by atoms with van der Waals surface area (Å²) < 4.78 is 12.0. The molecule has 42 heavy (non-hydrogen) atoms. The molecule has 2 aliphatic heterocycles. The zero-order chi connectivity index (χ0) is 31.0. The number of aromatic nitrogens is 2. The number of likely N-dealkylation sites (N-methyl/N-ethyl adjacent to an activating group) is 1. The van der Waals surface area contributed by atoms with Crippen molar-refractivity contribution < 1.29 is 18.8 Å². The molecule has 0 saturated carbocycles. The largest absolute Gasteiger partial charge is 0.414 e. The Hall–Kier alpha value is -2.53. The van der Waals surface area contributed by atoms with Crippen LogP contribution in [0.25, 0.3) is 11.3 Å². The van der Waals surface area contributed by atoms with Crippen molar-refractivity contribution in [3.05, 3.63) is 40.5 Å². The van der Waals surface area contributed by atoms with Gasteiger partial charge in [-0.15, -0.1) is 0 Å². The molecule has 2 aliphatic rings. The molecule has 3 heterocycles. The van der Waals surface area contributed by atoms with Crippen LogP contribution in [-0.4, -0.2) is 84.4 Å². The quantitative estimate of drug-likeness (QED) is 0.364. The first-order chi connectivity index (χ1) is 19.5. The Bertz CT molecular complexity index is 1320. The van der Waals surface area contributed by atoms with E-state index in [-0.39, 0.29) is 29.5 Å². The predicted octanol–water partition coefficient (Wildman–Crippen LogP) is 5.99. The number of benzene rings is 1. The van der Waals surface area contributed by atoms with Crippen LogP contribution in [0.5, 0.6) is 0 Å². The fraction of sp³-hybridized carbons (Fsp3) is 0.613. The topological polar surface area (TPSA) is 96.9 Å². The van der Waals surface area contributed by atoms with Crippen molar-refractivity contribution >= 4 is 37.7 Å². The Balaban J connectivity index is 1.62. The number of rotatable bonds is 8. The number of amides is 2. The highest BCUT2D eigenvalue weighted by atomic mass is 35.5. The van der Waals surface area contributed by atoms with Gasteiger partial charge < -0.3 is 24.3 Å². The Morgan fingerprint density at radius 1 is 1.21 bits per heavy atom. The zero-order valence-electron chi connectivity index (χ0n) is 26.5. The second-order valence-corrected chi connectivity index (χ2v) is 19.1. The Morgan fingerprint density at radius 3 is 2.50 bits per heavy atom. The van der Waals surface area contributed by atoms with Crippen molar-refractivity contribution in [1.82, 2.24) is 19.8 Å². The van der Waals surface area contributed by atoms with Crippen LogP contribution < -0.4 is 5.32 Å². The number of nitrogens with zero attached hydrogens (tertiary/aromatic N) is 4. The van der Waals surface area contributed by atoms with Gasteiger partial charge in [-0.2, -0.15) is 0 Å². The van der Waals surface area contributed by atoms with Crippen molar-refractivity contribution in [2.75, 3.05) is 32.2 Å². The number of halogens is 1. The van der Waals surface area contributed by atoms with E-state index < -0.39 is 19.9 Å². The van der Waals surface area contributed by atoms with E-state index in [1.54, 1.807) is 23.0 Å². The van der Waals surface area contributed by atoms with Gasteiger partial charge >= 0.3 is 0 Å². The first-order valence-electron chi connectivity index (χ1n) is 14.7. The van der Waals surface area contributed by atoms with E-state index >= 15 is 0 Å². The molecule has 2 amide bonds. The maximum atomic E-state index is 14.0. The second-order valence-electron chi connectivity index (χ2n) is 13.9. The maximum Gasteiger partial charge on any atom is 0.255 e. The van der Waals surface area contributed by atoms with Gasteiger partial charge in [0.2, 0.25) is 11.9 Å². The number of nitrogens with one attached hydrogen (secondary N) is 1. The molecule has 2 aromatic rings. The molecule has 0 bridgehead atoms. The number of hydrogen-bond acceptors (Lipinski definition) is 7. The van der Waals surface area contributed by atoms with E-state index in [0.29, 0.717) is 42.0 Å². The lowest BCUT2D eigenvalue weighted by Gasteiger charge is -2.41. The van der Waals surface area contributed by atoms with E-state index in [4.69, 9.17) is 25.7 Å². The summed E-state index contributed by atoms with van der Waals surface area (Å²) in [4.78, 5) is 40.3. The van der Waals surface area contributed by atoms with Gasteiger partial charge in [0.1, 0.15) is 6.04 Å². The van der Waals surface area contributed by atoms with Crippen LogP contribution in [0.2, 0.25) is 23.2 Å². The summed E-state index contributed by atoms with van der Waals surface area (Å²) in [7, 11) is -0.390. The van der Waals surface area contributed by atoms with Gasteiger partial charge in [-0.3, -0.25) is 9.59 Å². The molecule has 1 fully saturated rings. The first-order valence-corrected chi connectivity index (χ1v) is 18.0. The third kappa shape index (κ3) is 6.98. The molecule has 9 nitrogen and oxygen atoms in total. The van der Waals surface area contributed by atoms with E-state index in [2.05, 4.69) is 44.2 Å². The third-order valence-electron chi connectivity index (χ3n) is 8.92.